The maximum Gasteiger partial charge on any atom is 0.0209 e. The predicted octanol–water partition coefficient (Wildman–Crippen LogP) is 5.83. The van der Waals surface area contributed by atoms with Gasteiger partial charge in [0.1, 0.15) is 0 Å². The molecule has 0 aromatic carbocycles. The fourth-order valence-corrected chi connectivity index (χ4v) is 4.14. The van der Waals surface area contributed by atoms with Crippen LogP contribution in [0.1, 0.15) is 103 Å². The molecule has 0 amide bonds. The van der Waals surface area contributed by atoms with Crippen LogP contribution in [0.25, 0.3) is 0 Å². The Morgan fingerprint density at radius 3 is 2.25 bits per heavy atom. The molecular weight excluding hydrogens is 242 g/mol. The molecule has 1 heteroatoms. The van der Waals surface area contributed by atoms with Crippen LogP contribution in [0.15, 0.2) is 0 Å². The van der Waals surface area contributed by atoms with E-state index in [9.17, 15) is 0 Å². The van der Waals surface area contributed by atoms with E-state index >= 15 is 0 Å². The van der Waals surface area contributed by atoms with E-state index < -0.39 is 0 Å². The van der Waals surface area contributed by atoms with Gasteiger partial charge < -0.3 is 5.32 Å². The lowest BCUT2D eigenvalue weighted by Crippen LogP contribution is -2.46. The summed E-state index contributed by atoms with van der Waals surface area (Å²) in [5.41, 5.74) is 0.568. The third-order valence-electron chi connectivity index (χ3n) is 5.61. The first-order chi connectivity index (χ1) is 9.87. The van der Waals surface area contributed by atoms with Gasteiger partial charge in [-0.3, -0.25) is 0 Å². The molecule has 1 saturated carbocycles. The summed E-state index contributed by atoms with van der Waals surface area (Å²) in [4.78, 5) is 0. The van der Waals surface area contributed by atoms with Crippen molar-refractivity contribution in [1.29, 1.82) is 0 Å². The number of hydrogen-bond donors (Lipinski definition) is 1. The molecule has 1 saturated heterocycles. The molecule has 20 heavy (non-hydrogen) atoms. The van der Waals surface area contributed by atoms with Crippen LogP contribution in [0.2, 0.25) is 0 Å². The summed E-state index contributed by atoms with van der Waals surface area (Å²) in [5, 5.41) is 3.98. The molecule has 0 spiro atoms. The molecule has 1 aliphatic heterocycles. The Morgan fingerprint density at radius 2 is 1.55 bits per heavy atom. The smallest absolute Gasteiger partial charge is 0.0209 e. The topological polar surface area (TPSA) is 12.0 Å². The highest BCUT2D eigenvalue weighted by molar-refractivity contribution is 5.01. The van der Waals surface area contributed by atoms with E-state index in [1.165, 1.54) is 103 Å². The van der Waals surface area contributed by atoms with Crippen molar-refractivity contribution >= 4 is 0 Å². The highest BCUT2D eigenvalue weighted by Crippen LogP contribution is 2.46. The van der Waals surface area contributed by atoms with Crippen LogP contribution in [0.3, 0.4) is 0 Å². The Kier molecular flexibility index (Phi) is 7.41. The maximum atomic E-state index is 3.98. The minimum Gasteiger partial charge on any atom is -0.311 e. The van der Waals surface area contributed by atoms with Gasteiger partial charge in [-0.05, 0) is 44.6 Å². The lowest BCUT2D eigenvalue weighted by Gasteiger charge is -2.34. The Hall–Kier alpha value is -0.0400. The normalized spacial score (nSPS) is 27.4. The van der Waals surface area contributed by atoms with Crippen LogP contribution in [-0.4, -0.2) is 12.1 Å². The molecule has 1 atom stereocenters. The Balaban J connectivity index is 1.58. The highest BCUT2D eigenvalue weighted by atomic mass is 15.0. The van der Waals surface area contributed by atoms with Gasteiger partial charge in [-0.2, -0.15) is 0 Å². The SMILES string of the molecule is CCCCCCCCCCC1(C2CC2)CCCCCN1. The fourth-order valence-electron chi connectivity index (χ4n) is 4.14. The Bertz CT molecular complexity index is 236. The summed E-state index contributed by atoms with van der Waals surface area (Å²) in [7, 11) is 0. The van der Waals surface area contributed by atoms with Crippen molar-refractivity contribution in [1.82, 2.24) is 5.32 Å². The zero-order chi connectivity index (χ0) is 14.1. The fraction of sp³-hybridized carbons (Fsp3) is 1.00. The molecule has 2 rings (SSSR count). The predicted molar refractivity (Wildman–Crippen MR) is 89.2 cm³/mol. The summed E-state index contributed by atoms with van der Waals surface area (Å²) in [5.74, 6) is 1.03. The third-order valence-corrected chi connectivity index (χ3v) is 5.61. The van der Waals surface area contributed by atoms with Crippen LogP contribution in [0, 0.1) is 5.92 Å². The minimum absolute atomic E-state index is 0.568. The third kappa shape index (κ3) is 5.39. The number of rotatable bonds is 10. The molecule has 2 aliphatic rings. The molecule has 0 aromatic rings. The first-order valence-corrected chi connectivity index (χ1v) is 9.62. The van der Waals surface area contributed by atoms with Gasteiger partial charge in [0.2, 0.25) is 0 Å². The molecular formula is C19H37N. The zero-order valence-electron chi connectivity index (χ0n) is 13.9. The average Bonchev–Trinajstić information content (AvgIpc) is 3.28. The largest absolute Gasteiger partial charge is 0.311 e. The monoisotopic (exact) mass is 279 g/mol. The molecule has 1 aliphatic carbocycles. The number of unbranched alkanes of at least 4 members (excludes halogenated alkanes) is 7. The van der Waals surface area contributed by atoms with Crippen molar-refractivity contribution in [3.8, 4) is 0 Å². The second-order valence-electron chi connectivity index (χ2n) is 7.39. The van der Waals surface area contributed by atoms with Gasteiger partial charge in [0, 0.05) is 5.54 Å². The quantitative estimate of drug-likeness (QED) is 0.496. The summed E-state index contributed by atoms with van der Waals surface area (Å²) < 4.78 is 0. The minimum atomic E-state index is 0.568. The summed E-state index contributed by atoms with van der Waals surface area (Å²) in [6.07, 6.45) is 21.9. The molecule has 0 aromatic heterocycles. The van der Waals surface area contributed by atoms with Crippen LogP contribution < -0.4 is 5.32 Å². The van der Waals surface area contributed by atoms with E-state index in [-0.39, 0.29) is 0 Å². The Morgan fingerprint density at radius 1 is 0.850 bits per heavy atom. The van der Waals surface area contributed by atoms with Crippen molar-refractivity contribution in [2.24, 2.45) is 5.92 Å². The summed E-state index contributed by atoms with van der Waals surface area (Å²) in [6, 6.07) is 0. The maximum absolute atomic E-state index is 3.98. The summed E-state index contributed by atoms with van der Waals surface area (Å²) >= 11 is 0. The van der Waals surface area contributed by atoms with Gasteiger partial charge in [-0.25, -0.2) is 0 Å². The zero-order valence-corrected chi connectivity index (χ0v) is 13.9. The second-order valence-corrected chi connectivity index (χ2v) is 7.39. The van der Waals surface area contributed by atoms with Gasteiger partial charge in [-0.1, -0.05) is 71.1 Å². The first kappa shape index (κ1) is 16.3. The van der Waals surface area contributed by atoms with E-state index in [4.69, 9.17) is 0 Å². The molecule has 1 N–H and O–H groups in total. The highest BCUT2D eigenvalue weighted by Gasteiger charge is 2.44. The van der Waals surface area contributed by atoms with E-state index in [0.29, 0.717) is 5.54 Å². The van der Waals surface area contributed by atoms with Gasteiger partial charge in [0.05, 0.1) is 0 Å². The van der Waals surface area contributed by atoms with Crippen LogP contribution in [0.4, 0.5) is 0 Å². The van der Waals surface area contributed by atoms with Crippen molar-refractivity contribution in [2.45, 2.75) is 109 Å². The Labute approximate surface area is 127 Å². The summed E-state index contributed by atoms with van der Waals surface area (Å²) in [6.45, 7) is 3.59. The van der Waals surface area contributed by atoms with Gasteiger partial charge >= 0.3 is 0 Å². The van der Waals surface area contributed by atoms with Gasteiger partial charge in [-0.15, -0.1) is 0 Å². The molecule has 2 fully saturated rings. The van der Waals surface area contributed by atoms with Crippen molar-refractivity contribution in [2.75, 3.05) is 6.54 Å². The van der Waals surface area contributed by atoms with Crippen LogP contribution >= 0.6 is 0 Å². The standard InChI is InChI=1S/C19H37N/c1-2-3-4-5-6-7-8-10-15-19(18-13-14-18)16-11-9-12-17-20-19/h18,20H,2-17H2,1H3. The molecule has 0 radical (unpaired) electrons. The van der Waals surface area contributed by atoms with Crippen molar-refractivity contribution in [3.63, 3.8) is 0 Å². The van der Waals surface area contributed by atoms with Gasteiger partial charge in [0.25, 0.3) is 0 Å². The van der Waals surface area contributed by atoms with E-state index in [2.05, 4.69) is 12.2 Å². The molecule has 1 nitrogen and oxygen atoms in total. The second kappa shape index (κ2) is 9.07. The number of hydrogen-bond acceptors (Lipinski definition) is 1. The van der Waals surface area contributed by atoms with E-state index in [1.54, 1.807) is 0 Å². The van der Waals surface area contributed by atoms with E-state index in [0.717, 1.165) is 5.92 Å². The van der Waals surface area contributed by atoms with Crippen molar-refractivity contribution in [3.05, 3.63) is 0 Å². The molecule has 0 bridgehead atoms. The molecule has 1 unspecified atom stereocenters. The van der Waals surface area contributed by atoms with Crippen LogP contribution in [0.5, 0.6) is 0 Å². The molecule has 118 valence electrons. The van der Waals surface area contributed by atoms with E-state index in [1.807, 2.05) is 0 Å². The number of nitrogens with one attached hydrogen (secondary N) is 1. The van der Waals surface area contributed by atoms with Crippen LogP contribution in [-0.2, 0) is 0 Å². The lowest BCUT2D eigenvalue weighted by molar-refractivity contribution is 0.244. The average molecular weight is 280 g/mol. The molecule has 1 heterocycles. The van der Waals surface area contributed by atoms with Crippen molar-refractivity contribution < 1.29 is 0 Å². The first-order valence-electron chi connectivity index (χ1n) is 9.62. The lowest BCUT2D eigenvalue weighted by atomic mass is 9.83. The van der Waals surface area contributed by atoms with Gasteiger partial charge in [0.15, 0.2) is 0 Å².